The standard InChI is InChI=1S/C14H7ClFNO/c15-9-6-10-12(17-7-9)5-4-8-2-1-3-11(16)13(8)14(10)18/h1-7H. The molecule has 0 saturated heterocycles. The largest absolute Gasteiger partial charge is 0.288 e. The third-order valence-electron chi connectivity index (χ3n) is 2.82. The van der Waals surface area contributed by atoms with Crippen molar-refractivity contribution in [3.63, 3.8) is 0 Å². The Morgan fingerprint density at radius 1 is 1.17 bits per heavy atom. The molecule has 0 unspecified atom stereocenters. The normalized spacial score (nSPS) is 11.0. The average molecular weight is 260 g/mol. The van der Waals surface area contributed by atoms with E-state index in [-0.39, 0.29) is 5.39 Å². The van der Waals surface area contributed by atoms with E-state index in [0.717, 1.165) is 0 Å². The van der Waals surface area contributed by atoms with Crippen molar-refractivity contribution in [2.75, 3.05) is 0 Å². The van der Waals surface area contributed by atoms with Crippen molar-refractivity contribution in [3.8, 4) is 0 Å². The smallest absolute Gasteiger partial charge is 0.198 e. The summed E-state index contributed by atoms with van der Waals surface area (Å²) < 4.78 is 13.8. The van der Waals surface area contributed by atoms with Crippen LogP contribution in [0.4, 0.5) is 4.39 Å². The zero-order valence-corrected chi connectivity index (χ0v) is 9.91. The van der Waals surface area contributed by atoms with Crippen molar-refractivity contribution < 1.29 is 4.39 Å². The summed E-state index contributed by atoms with van der Waals surface area (Å²) in [7, 11) is 0. The van der Waals surface area contributed by atoms with Crippen LogP contribution in [0.1, 0.15) is 0 Å². The Kier molecular flexibility index (Phi) is 2.49. The van der Waals surface area contributed by atoms with Crippen LogP contribution in [-0.2, 0) is 0 Å². The first-order valence-electron chi connectivity index (χ1n) is 5.33. The van der Waals surface area contributed by atoms with E-state index in [0.29, 0.717) is 21.3 Å². The highest BCUT2D eigenvalue weighted by Gasteiger charge is 2.07. The number of hydrogen-bond acceptors (Lipinski definition) is 2. The molecule has 3 rings (SSSR count). The molecule has 88 valence electrons. The van der Waals surface area contributed by atoms with Gasteiger partial charge in [-0.3, -0.25) is 9.78 Å². The number of aromatic nitrogens is 1. The van der Waals surface area contributed by atoms with Gasteiger partial charge in [-0.1, -0.05) is 29.8 Å². The minimum absolute atomic E-state index is 0.0663. The molecular weight excluding hydrogens is 253 g/mol. The van der Waals surface area contributed by atoms with Crippen LogP contribution in [-0.4, -0.2) is 4.98 Å². The molecule has 3 aromatic rings. The summed E-state index contributed by atoms with van der Waals surface area (Å²) in [5.74, 6) is -0.532. The minimum atomic E-state index is -0.532. The Hall–Kier alpha value is -2.00. The molecule has 0 amide bonds. The fourth-order valence-corrected chi connectivity index (χ4v) is 2.15. The Balaban J connectivity index is 2.68. The topological polar surface area (TPSA) is 30.0 Å². The monoisotopic (exact) mass is 259 g/mol. The minimum Gasteiger partial charge on any atom is -0.288 e. The summed E-state index contributed by atoms with van der Waals surface area (Å²) in [6.45, 7) is 0. The van der Waals surface area contributed by atoms with Crippen molar-refractivity contribution in [3.05, 3.63) is 63.7 Å². The van der Waals surface area contributed by atoms with Crippen molar-refractivity contribution in [1.82, 2.24) is 4.98 Å². The van der Waals surface area contributed by atoms with Gasteiger partial charge in [-0.05, 0) is 23.6 Å². The molecule has 0 radical (unpaired) electrons. The van der Waals surface area contributed by atoms with Crippen LogP contribution < -0.4 is 5.43 Å². The predicted octanol–water partition coefficient (Wildman–Crippen LogP) is 3.54. The zero-order valence-electron chi connectivity index (χ0n) is 9.15. The van der Waals surface area contributed by atoms with E-state index in [1.54, 1.807) is 24.3 Å². The van der Waals surface area contributed by atoms with Gasteiger partial charge in [-0.25, -0.2) is 4.39 Å². The van der Waals surface area contributed by atoms with Crippen LogP contribution in [0.25, 0.3) is 21.7 Å². The zero-order chi connectivity index (χ0) is 12.7. The molecule has 0 aliphatic rings. The molecule has 18 heavy (non-hydrogen) atoms. The summed E-state index contributed by atoms with van der Waals surface area (Å²) in [6, 6.07) is 9.42. The van der Waals surface area contributed by atoms with Gasteiger partial charge < -0.3 is 0 Å². The van der Waals surface area contributed by atoms with Gasteiger partial charge in [0.05, 0.1) is 15.9 Å². The van der Waals surface area contributed by atoms with Crippen molar-refractivity contribution >= 4 is 33.3 Å². The van der Waals surface area contributed by atoms with E-state index >= 15 is 0 Å². The summed E-state index contributed by atoms with van der Waals surface area (Å²) in [6.07, 6.45) is 1.46. The summed E-state index contributed by atoms with van der Waals surface area (Å²) in [4.78, 5) is 16.4. The molecule has 2 aromatic carbocycles. The van der Waals surface area contributed by atoms with Crippen LogP contribution in [0.15, 0.2) is 47.4 Å². The number of fused-ring (bicyclic) bond motifs is 2. The highest BCUT2D eigenvalue weighted by atomic mass is 35.5. The number of halogens is 2. The molecule has 1 aromatic heterocycles. The number of hydrogen-bond donors (Lipinski definition) is 0. The number of rotatable bonds is 0. The van der Waals surface area contributed by atoms with Crippen LogP contribution >= 0.6 is 11.6 Å². The van der Waals surface area contributed by atoms with Crippen LogP contribution in [0.3, 0.4) is 0 Å². The molecule has 0 bridgehead atoms. The van der Waals surface area contributed by atoms with Crippen molar-refractivity contribution in [2.45, 2.75) is 0 Å². The fraction of sp³-hybridized carbons (Fsp3) is 0. The Bertz CT molecular complexity index is 832. The molecule has 1 heterocycles. The second-order valence-electron chi connectivity index (χ2n) is 3.95. The third kappa shape index (κ3) is 1.64. The summed E-state index contributed by atoms with van der Waals surface area (Å²) >= 11 is 5.83. The molecule has 0 fully saturated rings. The van der Waals surface area contributed by atoms with Gasteiger partial charge in [0.2, 0.25) is 0 Å². The van der Waals surface area contributed by atoms with Gasteiger partial charge in [0, 0.05) is 11.6 Å². The lowest BCUT2D eigenvalue weighted by Crippen LogP contribution is -2.01. The Morgan fingerprint density at radius 3 is 2.83 bits per heavy atom. The maximum Gasteiger partial charge on any atom is 0.198 e. The van der Waals surface area contributed by atoms with Gasteiger partial charge in [0.25, 0.3) is 0 Å². The quantitative estimate of drug-likeness (QED) is 0.618. The summed E-state index contributed by atoms with van der Waals surface area (Å²) in [5, 5.41) is 1.29. The van der Waals surface area contributed by atoms with Gasteiger partial charge in [0.1, 0.15) is 5.82 Å². The molecular formula is C14H7ClFNO. The lowest BCUT2D eigenvalue weighted by atomic mass is 10.1. The Labute approximate surface area is 107 Å². The molecule has 0 atom stereocenters. The number of nitrogens with zero attached hydrogens (tertiary/aromatic N) is 1. The highest BCUT2D eigenvalue weighted by molar-refractivity contribution is 6.31. The van der Waals surface area contributed by atoms with E-state index in [9.17, 15) is 9.18 Å². The van der Waals surface area contributed by atoms with Gasteiger partial charge in [0.15, 0.2) is 5.43 Å². The summed E-state index contributed by atoms with van der Waals surface area (Å²) in [5.41, 5.74) is 0.109. The van der Waals surface area contributed by atoms with Crippen molar-refractivity contribution in [1.29, 1.82) is 0 Å². The van der Waals surface area contributed by atoms with Gasteiger partial charge >= 0.3 is 0 Å². The molecule has 0 saturated carbocycles. The lowest BCUT2D eigenvalue weighted by molar-refractivity contribution is 0.639. The molecule has 0 N–H and O–H groups in total. The maximum atomic E-state index is 13.8. The SMILES string of the molecule is O=c1c2cc(Cl)cnc2ccc2cccc(F)c12. The first kappa shape index (κ1) is 11.1. The first-order valence-corrected chi connectivity index (χ1v) is 5.71. The number of benzene rings is 1. The molecule has 0 aliphatic heterocycles. The third-order valence-corrected chi connectivity index (χ3v) is 3.03. The van der Waals surface area contributed by atoms with Crippen LogP contribution in [0.5, 0.6) is 0 Å². The second-order valence-corrected chi connectivity index (χ2v) is 4.39. The second kappa shape index (κ2) is 4.03. The molecule has 4 heteroatoms. The fourth-order valence-electron chi connectivity index (χ4n) is 1.99. The van der Waals surface area contributed by atoms with Gasteiger partial charge in [-0.2, -0.15) is 0 Å². The highest BCUT2D eigenvalue weighted by Crippen LogP contribution is 2.18. The van der Waals surface area contributed by atoms with E-state index in [2.05, 4.69) is 4.98 Å². The van der Waals surface area contributed by atoms with E-state index in [4.69, 9.17) is 11.6 Å². The predicted molar refractivity (Wildman–Crippen MR) is 70.5 cm³/mol. The molecule has 0 spiro atoms. The molecule has 0 aliphatic carbocycles. The average Bonchev–Trinajstić information content (AvgIpc) is 2.49. The van der Waals surface area contributed by atoms with Crippen LogP contribution in [0, 0.1) is 5.82 Å². The maximum absolute atomic E-state index is 13.8. The lowest BCUT2D eigenvalue weighted by Gasteiger charge is -1.94. The van der Waals surface area contributed by atoms with Crippen LogP contribution in [0.2, 0.25) is 5.02 Å². The van der Waals surface area contributed by atoms with E-state index in [1.165, 1.54) is 18.3 Å². The van der Waals surface area contributed by atoms with E-state index < -0.39 is 11.2 Å². The van der Waals surface area contributed by atoms with Gasteiger partial charge in [-0.15, -0.1) is 0 Å². The first-order chi connectivity index (χ1) is 8.66. The Morgan fingerprint density at radius 2 is 2.00 bits per heavy atom. The van der Waals surface area contributed by atoms with Crippen molar-refractivity contribution in [2.24, 2.45) is 0 Å². The number of pyridine rings is 1. The molecule has 2 nitrogen and oxygen atoms in total. The van der Waals surface area contributed by atoms with E-state index in [1.807, 2.05) is 0 Å².